The molecule has 0 atom stereocenters. The van der Waals surface area contributed by atoms with E-state index < -0.39 is 5.97 Å². The highest BCUT2D eigenvalue weighted by Gasteiger charge is 2.25. The summed E-state index contributed by atoms with van der Waals surface area (Å²) >= 11 is 0. The third-order valence-electron chi connectivity index (χ3n) is 2.58. The Bertz CT molecular complexity index is 547. The van der Waals surface area contributed by atoms with E-state index in [0.29, 0.717) is 11.5 Å². The van der Waals surface area contributed by atoms with Gasteiger partial charge >= 0.3 is 5.97 Å². The van der Waals surface area contributed by atoms with E-state index >= 15 is 0 Å². The van der Waals surface area contributed by atoms with Crippen LogP contribution in [0, 0.1) is 0 Å². The van der Waals surface area contributed by atoms with Crippen molar-refractivity contribution >= 4 is 5.97 Å². The highest BCUT2D eigenvalue weighted by atomic mass is 16.5. The molecule has 0 fully saturated rings. The van der Waals surface area contributed by atoms with Crippen LogP contribution >= 0.6 is 0 Å². The van der Waals surface area contributed by atoms with Crippen LogP contribution in [0.4, 0.5) is 0 Å². The first-order chi connectivity index (χ1) is 8.65. The maximum Gasteiger partial charge on any atom is 0.360 e. The first-order valence-electron chi connectivity index (χ1n) is 5.64. The highest BCUT2D eigenvalue weighted by molar-refractivity contribution is 5.90. The molecule has 0 bridgehead atoms. The first kappa shape index (κ1) is 12.3. The fourth-order valence-electron chi connectivity index (χ4n) is 1.76. The van der Waals surface area contributed by atoms with Gasteiger partial charge in [0.25, 0.3) is 0 Å². The van der Waals surface area contributed by atoms with E-state index in [1.165, 1.54) is 7.11 Å². The van der Waals surface area contributed by atoms with Gasteiger partial charge in [-0.05, 0) is 18.1 Å². The molecule has 0 N–H and O–H groups in total. The zero-order valence-corrected chi connectivity index (χ0v) is 10.5. The molecule has 18 heavy (non-hydrogen) atoms. The predicted octanol–water partition coefficient (Wildman–Crippen LogP) is 2.65. The molecule has 2 aromatic rings. The van der Waals surface area contributed by atoms with Crippen molar-refractivity contribution in [3.63, 3.8) is 0 Å². The minimum atomic E-state index is -0.496. The summed E-state index contributed by atoms with van der Waals surface area (Å²) in [6, 6.07) is 5.48. The van der Waals surface area contributed by atoms with E-state index in [1.807, 2.05) is 32.0 Å². The van der Waals surface area contributed by atoms with Crippen molar-refractivity contribution in [1.29, 1.82) is 0 Å². The number of hydrogen-bond acceptors (Lipinski definition) is 5. The van der Waals surface area contributed by atoms with Crippen molar-refractivity contribution in [2.45, 2.75) is 19.8 Å². The lowest BCUT2D eigenvalue weighted by molar-refractivity contribution is 0.0587. The summed E-state index contributed by atoms with van der Waals surface area (Å²) in [7, 11) is 1.32. The number of hydrogen-bond donors (Lipinski definition) is 0. The summed E-state index contributed by atoms with van der Waals surface area (Å²) < 4.78 is 9.95. The molecule has 0 saturated carbocycles. The number of pyridine rings is 1. The molecule has 0 saturated heterocycles. The second-order valence-corrected chi connectivity index (χ2v) is 4.14. The van der Waals surface area contributed by atoms with E-state index in [2.05, 4.69) is 10.1 Å². The van der Waals surface area contributed by atoms with Crippen molar-refractivity contribution in [3.05, 3.63) is 35.7 Å². The topological polar surface area (TPSA) is 65.2 Å². The van der Waals surface area contributed by atoms with Crippen LogP contribution in [0.25, 0.3) is 11.5 Å². The molecule has 94 valence electrons. The molecule has 0 aliphatic heterocycles. The molecule has 0 radical (unpaired) electrons. The summed E-state index contributed by atoms with van der Waals surface area (Å²) in [5.41, 5.74) is 1.59. The monoisotopic (exact) mass is 246 g/mol. The molecular formula is C13H14N2O3. The minimum absolute atomic E-state index is 0.0855. The zero-order chi connectivity index (χ0) is 13.1. The quantitative estimate of drug-likeness (QED) is 0.779. The third kappa shape index (κ3) is 2.11. The molecule has 2 aromatic heterocycles. The van der Waals surface area contributed by atoms with E-state index in [1.54, 1.807) is 6.20 Å². The second kappa shape index (κ2) is 5.00. The van der Waals surface area contributed by atoms with Crippen LogP contribution in [0.3, 0.4) is 0 Å². The number of ether oxygens (including phenoxy) is 1. The number of esters is 1. The third-order valence-corrected chi connectivity index (χ3v) is 2.58. The van der Waals surface area contributed by atoms with Crippen molar-refractivity contribution in [3.8, 4) is 11.5 Å². The average molecular weight is 246 g/mol. The lowest BCUT2D eigenvalue weighted by Crippen LogP contribution is -2.06. The Kier molecular flexibility index (Phi) is 3.41. The lowest BCUT2D eigenvalue weighted by Gasteiger charge is -2.05. The van der Waals surface area contributed by atoms with Gasteiger partial charge in [-0.1, -0.05) is 25.1 Å². The maximum absolute atomic E-state index is 11.6. The number of methoxy groups -OCH3 is 1. The molecule has 2 heterocycles. The van der Waals surface area contributed by atoms with Crippen LogP contribution in [-0.4, -0.2) is 23.2 Å². The largest absolute Gasteiger partial charge is 0.464 e. The second-order valence-electron chi connectivity index (χ2n) is 4.14. The van der Waals surface area contributed by atoms with E-state index in [0.717, 1.165) is 5.56 Å². The Balaban J connectivity index is 2.56. The van der Waals surface area contributed by atoms with Crippen LogP contribution in [0.5, 0.6) is 0 Å². The summed E-state index contributed by atoms with van der Waals surface area (Å²) in [6.07, 6.45) is 1.67. The lowest BCUT2D eigenvalue weighted by atomic mass is 9.99. The molecule has 0 unspecified atom stereocenters. The Morgan fingerprint density at radius 1 is 1.39 bits per heavy atom. The standard InChI is InChI=1S/C13H14N2O3/c1-8(2)10-11(13(16)17-3)15-18-12(10)9-6-4-5-7-14-9/h4-8H,1-3H3. The molecule has 5 heteroatoms. The van der Waals surface area contributed by atoms with Crippen molar-refractivity contribution in [2.75, 3.05) is 7.11 Å². The summed E-state index contributed by atoms with van der Waals surface area (Å²) in [4.78, 5) is 15.8. The molecule has 0 amide bonds. The van der Waals surface area contributed by atoms with Crippen LogP contribution in [0.1, 0.15) is 35.8 Å². The van der Waals surface area contributed by atoms with Crippen LogP contribution in [0.2, 0.25) is 0 Å². The Labute approximate surface area is 105 Å². The molecule has 5 nitrogen and oxygen atoms in total. The number of carbonyl (C=O) groups is 1. The first-order valence-corrected chi connectivity index (χ1v) is 5.64. The average Bonchev–Trinajstić information content (AvgIpc) is 2.83. The normalized spacial score (nSPS) is 10.7. The van der Waals surface area contributed by atoms with Gasteiger partial charge in [0.05, 0.1) is 7.11 Å². The predicted molar refractivity (Wildman–Crippen MR) is 65.2 cm³/mol. The maximum atomic E-state index is 11.6. The molecule has 0 aliphatic carbocycles. The van der Waals surface area contributed by atoms with Gasteiger partial charge in [0.2, 0.25) is 0 Å². The van der Waals surface area contributed by atoms with Crippen LogP contribution in [0.15, 0.2) is 28.9 Å². The summed E-state index contributed by atoms with van der Waals surface area (Å²) in [5.74, 6) is 0.109. The van der Waals surface area contributed by atoms with Crippen molar-refractivity contribution in [2.24, 2.45) is 0 Å². The van der Waals surface area contributed by atoms with Gasteiger partial charge in [-0.25, -0.2) is 4.79 Å². The van der Waals surface area contributed by atoms with E-state index in [9.17, 15) is 4.79 Å². The zero-order valence-electron chi connectivity index (χ0n) is 10.5. The van der Waals surface area contributed by atoms with Gasteiger partial charge in [0.1, 0.15) is 5.69 Å². The van der Waals surface area contributed by atoms with Gasteiger partial charge in [0, 0.05) is 11.8 Å². The Morgan fingerprint density at radius 2 is 2.17 bits per heavy atom. The Hall–Kier alpha value is -2.17. The van der Waals surface area contributed by atoms with Crippen molar-refractivity contribution < 1.29 is 14.1 Å². The van der Waals surface area contributed by atoms with Crippen LogP contribution < -0.4 is 0 Å². The Morgan fingerprint density at radius 3 is 2.72 bits per heavy atom. The molecule has 2 rings (SSSR count). The van der Waals surface area contributed by atoms with Gasteiger partial charge in [-0.2, -0.15) is 0 Å². The number of aromatic nitrogens is 2. The number of carbonyl (C=O) groups excluding carboxylic acids is 1. The highest BCUT2D eigenvalue weighted by Crippen LogP contribution is 2.31. The number of rotatable bonds is 3. The van der Waals surface area contributed by atoms with Gasteiger partial charge in [-0.3, -0.25) is 4.98 Å². The molecular weight excluding hydrogens is 232 g/mol. The van der Waals surface area contributed by atoms with E-state index in [4.69, 9.17) is 9.26 Å². The molecule has 0 spiro atoms. The summed E-state index contributed by atoms with van der Waals surface area (Å²) in [5, 5.41) is 3.79. The fourth-order valence-corrected chi connectivity index (χ4v) is 1.76. The summed E-state index contributed by atoms with van der Waals surface area (Å²) in [6.45, 7) is 3.93. The molecule has 0 aromatic carbocycles. The SMILES string of the molecule is COC(=O)c1noc(-c2ccccn2)c1C(C)C. The van der Waals surface area contributed by atoms with Gasteiger partial charge in [0.15, 0.2) is 11.5 Å². The molecule has 0 aliphatic rings. The minimum Gasteiger partial charge on any atom is -0.464 e. The number of nitrogens with zero attached hydrogens (tertiary/aromatic N) is 2. The van der Waals surface area contributed by atoms with E-state index in [-0.39, 0.29) is 11.6 Å². The van der Waals surface area contributed by atoms with Gasteiger partial charge in [-0.15, -0.1) is 0 Å². The van der Waals surface area contributed by atoms with Crippen molar-refractivity contribution in [1.82, 2.24) is 10.1 Å². The van der Waals surface area contributed by atoms with Crippen LogP contribution in [-0.2, 0) is 4.74 Å². The van der Waals surface area contributed by atoms with Gasteiger partial charge < -0.3 is 9.26 Å². The fraction of sp³-hybridized carbons (Fsp3) is 0.308. The smallest absolute Gasteiger partial charge is 0.360 e.